The molecule has 0 spiro atoms. The van der Waals surface area contributed by atoms with Crippen LogP contribution in [0.5, 0.6) is 0 Å². The van der Waals surface area contributed by atoms with E-state index in [1.165, 1.54) is 0 Å². The minimum atomic E-state index is -0.410. The molecule has 4 rings (SSSR count). The molecule has 0 saturated heterocycles. The van der Waals surface area contributed by atoms with Crippen LogP contribution in [0.15, 0.2) is 62.3 Å². The lowest BCUT2D eigenvalue weighted by Crippen LogP contribution is -2.23. The third kappa shape index (κ3) is 4.33. The fourth-order valence-corrected chi connectivity index (χ4v) is 3.59. The van der Waals surface area contributed by atoms with E-state index < -0.39 is 5.76 Å². The summed E-state index contributed by atoms with van der Waals surface area (Å²) in [6.07, 6.45) is 1.55. The van der Waals surface area contributed by atoms with Crippen molar-refractivity contribution >= 4 is 38.6 Å². The van der Waals surface area contributed by atoms with Crippen LogP contribution in [0.3, 0.4) is 0 Å². The van der Waals surface area contributed by atoms with E-state index in [1.54, 1.807) is 33.6 Å². The Morgan fingerprint density at radius 2 is 1.94 bits per heavy atom. The highest BCUT2D eigenvalue weighted by molar-refractivity contribution is 9.10. The Hall–Kier alpha value is -3.17. The molecule has 0 radical (unpaired) electrons. The lowest BCUT2D eigenvalue weighted by Gasteiger charge is -2.10. The summed E-state index contributed by atoms with van der Waals surface area (Å²) in [6.45, 7) is 3.04. The van der Waals surface area contributed by atoms with Gasteiger partial charge in [-0.25, -0.2) is 9.48 Å². The Labute approximate surface area is 187 Å². The molecule has 31 heavy (non-hydrogen) atoms. The Balaban J connectivity index is 1.59. The van der Waals surface area contributed by atoms with Gasteiger partial charge in [0.15, 0.2) is 5.58 Å². The molecule has 0 aliphatic heterocycles. The highest BCUT2D eigenvalue weighted by atomic mass is 79.9. The molecule has 0 saturated carbocycles. The van der Waals surface area contributed by atoms with Crippen LogP contribution in [-0.2, 0) is 6.54 Å². The maximum absolute atomic E-state index is 12.9. The number of amides is 1. The predicted octanol–water partition coefficient (Wildman–Crippen LogP) is 3.67. The summed E-state index contributed by atoms with van der Waals surface area (Å²) < 4.78 is 9.58. The number of fused-ring (bicyclic) bond motifs is 1. The molecule has 0 unspecified atom stereocenters. The van der Waals surface area contributed by atoms with Crippen molar-refractivity contribution < 1.29 is 9.21 Å². The summed E-state index contributed by atoms with van der Waals surface area (Å²) in [4.78, 5) is 27.1. The van der Waals surface area contributed by atoms with Crippen LogP contribution in [0, 0.1) is 6.92 Å². The number of hydrogen-bond donors (Lipinski definition) is 1. The van der Waals surface area contributed by atoms with E-state index in [-0.39, 0.29) is 5.91 Å². The third-order valence-electron chi connectivity index (χ3n) is 5.02. The van der Waals surface area contributed by atoms with Gasteiger partial charge in [-0.15, -0.1) is 0 Å². The molecule has 0 bridgehead atoms. The molecule has 0 aliphatic rings. The molecule has 2 aromatic heterocycles. The van der Waals surface area contributed by atoms with Crippen molar-refractivity contribution in [2.75, 3.05) is 26.0 Å². The van der Waals surface area contributed by atoms with Gasteiger partial charge in [0, 0.05) is 23.2 Å². The fourth-order valence-electron chi connectivity index (χ4n) is 3.33. The molecule has 8 nitrogen and oxygen atoms in total. The number of oxazole rings is 1. The molecule has 0 fully saturated rings. The first-order valence-corrected chi connectivity index (χ1v) is 10.5. The molecule has 1 N–H and O–H groups in total. The standard InChI is InChI=1S/C22H22BrN5O3/c1-14-18(13-24-28(14)17-7-4-15(23)5-8-17)21(29)25-16-6-9-20-19(12-16)27(22(30)31-20)11-10-26(2)3/h4-9,12-13H,10-11H2,1-3H3,(H,25,29). The lowest BCUT2D eigenvalue weighted by atomic mass is 10.2. The average Bonchev–Trinajstić information content (AvgIpc) is 3.26. The Morgan fingerprint density at radius 1 is 1.19 bits per heavy atom. The quantitative estimate of drug-likeness (QED) is 0.452. The van der Waals surface area contributed by atoms with Crippen molar-refractivity contribution in [2.24, 2.45) is 0 Å². The Kier molecular flexibility index (Phi) is 5.79. The van der Waals surface area contributed by atoms with Crippen LogP contribution in [0.4, 0.5) is 5.69 Å². The van der Waals surface area contributed by atoms with Crippen LogP contribution in [0.25, 0.3) is 16.8 Å². The van der Waals surface area contributed by atoms with Gasteiger partial charge in [0.25, 0.3) is 5.91 Å². The second-order valence-corrected chi connectivity index (χ2v) is 8.41. The first-order valence-electron chi connectivity index (χ1n) is 9.73. The summed E-state index contributed by atoms with van der Waals surface area (Å²) in [6, 6.07) is 12.8. The van der Waals surface area contributed by atoms with Crippen molar-refractivity contribution in [1.29, 1.82) is 0 Å². The number of benzene rings is 2. The van der Waals surface area contributed by atoms with Crippen LogP contribution in [0.2, 0.25) is 0 Å². The molecule has 160 valence electrons. The summed E-state index contributed by atoms with van der Waals surface area (Å²) >= 11 is 3.42. The van der Waals surface area contributed by atoms with E-state index in [0.717, 1.165) is 15.9 Å². The maximum Gasteiger partial charge on any atom is 0.419 e. The van der Waals surface area contributed by atoms with Crippen LogP contribution in [0.1, 0.15) is 16.1 Å². The van der Waals surface area contributed by atoms with E-state index in [4.69, 9.17) is 4.42 Å². The van der Waals surface area contributed by atoms with Gasteiger partial charge in [0.05, 0.1) is 28.7 Å². The largest absolute Gasteiger partial charge is 0.419 e. The van der Waals surface area contributed by atoms with E-state index in [2.05, 4.69) is 26.3 Å². The molecule has 2 aromatic carbocycles. The van der Waals surface area contributed by atoms with Crippen molar-refractivity contribution in [3.05, 3.63) is 74.9 Å². The summed E-state index contributed by atoms with van der Waals surface area (Å²) in [5.41, 5.74) is 3.78. The zero-order valence-corrected chi connectivity index (χ0v) is 19.0. The molecule has 4 aromatic rings. The molecular weight excluding hydrogens is 462 g/mol. The maximum atomic E-state index is 12.9. The van der Waals surface area contributed by atoms with Gasteiger partial charge in [-0.2, -0.15) is 5.10 Å². The van der Waals surface area contributed by atoms with Crippen molar-refractivity contribution in [3.8, 4) is 5.69 Å². The van der Waals surface area contributed by atoms with E-state index in [0.29, 0.717) is 35.4 Å². The smallest absolute Gasteiger partial charge is 0.408 e. The number of halogens is 1. The molecule has 9 heteroatoms. The molecular formula is C22H22BrN5O3. The number of nitrogens with zero attached hydrogens (tertiary/aromatic N) is 4. The number of likely N-dealkylation sites (N-methyl/N-ethyl adjacent to an activating group) is 1. The number of nitrogens with one attached hydrogen (secondary N) is 1. The normalized spacial score (nSPS) is 11.4. The van der Waals surface area contributed by atoms with Gasteiger partial charge < -0.3 is 14.6 Å². The molecule has 1 amide bonds. The Bertz CT molecular complexity index is 1300. The van der Waals surface area contributed by atoms with Crippen LogP contribution in [-0.4, -0.2) is 45.8 Å². The number of aromatic nitrogens is 3. The topological polar surface area (TPSA) is 85.3 Å². The minimum absolute atomic E-state index is 0.272. The summed E-state index contributed by atoms with van der Waals surface area (Å²) in [5, 5.41) is 7.26. The highest BCUT2D eigenvalue weighted by Crippen LogP contribution is 2.21. The highest BCUT2D eigenvalue weighted by Gasteiger charge is 2.17. The lowest BCUT2D eigenvalue weighted by molar-refractivity contribution is 0.102. The molecule has 2 heterocycles. The second-order valence-electron chi connectivity index (χ2n) is 7.49. The zero-order chi connectivity index (χ0) is 22.1. The fraction of sp³-hybridized carbons (Fsp3) is 0.227. The van der Waals surface area contributed by atoms with Crippen molar-refractivity contribution in [2.45, 2.75) is 13.5 Å². The number of rotatable bonds is 6. The van der Waals surface area contributed by atoms with Gasteiger partial charge in [-0.05, 0) is 63.5 Å². The van der Waals surface area contributed by atoms with E-state index in [9.17, 15) is 9.59 Å². The van der Waals surface area contributed by atoms with Crippen LogP contribution < -0.4 is 11.1 Å². The second kappa shape index (κ2) is 8.52. The summed E-state index contributed by atoms with van der Waals surface area (Å²) in [5.74, 6) is -0.683. The van der Waals surface area contributed by atoms with E-state index >= 15 is 0 Å². The third-order valence-corrected chi connectivity index (χ3v) is 5.55. The number of anilines is 1. The first-order chi connectivity index (χ1) is 14.8. The number of carbonyl (C=O) groups excluding carboxylic acids is 1. The van der Waals surface area contributed by atoms with Gasteiger partial charge in [0.1, 0.15) is 0 Å². The van der Waals surface area contributed by atoms with Gasteiger partial charge in [0.2, 0.25) is 0 Å². The van der Waals surface area contributed by atoms with Crippen molar-refractivity contribution in [1.82, 2.24) is 19.2 Å². The number of carbonyl (C=O) groups is 1. The van der Waals surface area contributed by atoms with Gasteiger partial charge in [-0.3, -0.25) is 9.36 Å². The molecule has 0 aliphatic carbocycles. The zero-order valence-electron chi connectivity index (χ0n) is 17.4. The summed E-state index contributed by atoms with van der Waals surface area (Å²) in [7, 11) is 3.88. The minimum Gasteiger partial charge on any atom is -0.408 e. The van der Waals surface area contributed by atoms with Gasteiger partial charge >= 0.3 is 5.76 Å². The SMILES string of the molecule is Cc1c(C(=O)Nc2ccc3oc(=O)n(CCN(C)C)c3c2)cnn1-c1ccc(Br)cc1. The average molecular weight is 484 g/mol. The van der Waals surface area contributed by atoms with E-state index in [1.807, 2.05) is 50.2 Å². The number of hydrogen-bond acceptors (Lipinski definition) is 5. The first kappa shape index (κ1) is 21.1. The van der Waals surface area contributed by atoms with Crippen molar-refractivity contribution in [3.63, 3.8) is 0 Å². The Morgan fingerprint density at radius 3 is 2.65 bits per heavy atom. The molecule has 0 atom stereocenters. The predicted molar refractivity (Wildman–Crippen MR) is 123 cm³/mol. The van der Waals surface area contributed by atoms with Crippen LogP contribution >= 0.6 is 15.9 Å². The monoisotopic (exact) mass is 483 g/mol. The van der Waals surface area contributed by atoms with Gasteiger partial charge in [-0.1, -0.05) is 15.9 Å².